The second-order valence-electron chi connectivity index (χ2n) is 5.95. The van der Waals surface area contributed by atoms with E-state index in [4.69, 9.17) is 27.9 Å². The smallest absolute Gasteiger partial charge is 0.338 e. The maximum Gasteiger partial charge on any atom is 0.338 e. The van der Waals surface area contributed by atoms with Gasteiger partial charge >= 0.3 is 5.97 Å². The number of carbonyl (C=O) groups is 3. The molecule has 0 aromatic heterocycles. The van der Waals surface area contributed by atoms with Crippen molar-refractivity contribution in [1.82, 2.24) is 0 Å². The molecule has 0 saturated heterocycles. The predicted molar refractivity (Wildman–Crippen MR) is 107 cm³/mol. The summed E-state index contributed by atoms with van der Waals surface area (Å²) in [4.78, 5) is 38.1. The highest BCUT2D eigenvalue weighted by Gasteiger charge is 2.39. The molecule has 8 heteroatoms. The van der Waals surface area contributed by atoms with Crippen LogP contribution in [0.5, 0.6) is 0 Å². The minimum Gasteiger partial charge on any atom is -0.462 e. The van der Waals surface area contributed by atoms with E-state index in [9.17, 15) is 14.4 Å². The zero-order valence-electron chi connectivity index (χ0n) is 14.9. The van der Waals surface area contributed by atoms with Gasteiger partial charge in [0.2, 0.25) is 0 Å². The predicted octanol–water partition coefficient (Wildman–Crippen LogP) is 4.34. The highest BCUT2D eigenvalue weighted by molar-refractivity contribution is 6.53. The van der Waals surface area contributed by atoms with E-state index in [1.165, 1.54) is 24.3 Å². The lowest BCUT2D eigenvalue weighted by Crippen LogP contribution is -2.32. The Morgan fingerprint density at radius 3 is 2.43 bits per heavy atom. The lowest BCUT2D eigenvalue weighted by molar-refractivity contribution is -0.120. The first kappa shape index (κ1) is 19.9. The van der Waals surface area contributed by atoms with E-state index < -0.39 is 17.8 Å². The van der Waals surface area contributed by atoms with Crippen molar-refractivity contribution in [3.8, 4) is 0 Å². The molecule has 1 aliphatic heterocycles. The summed E-state index contributed by atoms with van der Waals surface area (Å²) in [6.07, 6.45) is 0.715. The topological polar surface area (TPSA) is 75.7 Å². The number of halogens is 2. The molecule has 144 valence electrons. The molecular weight excluding hydrogens is 403 g/mol. The number of nitrogens with one attached hydrogen (secondary N) is 1. The Labute approximate surface area is 171 Å². The number of imide groups is 1. The van der Waals surface area contributed by atoms with Crippen molar-refractivity contribution in [2.24, 2.45) is 0 Å². The summed E-state index contributed by atoms with van der Waals surface area (Å²) < 4.78 is 5.06. The van der Waals surface area contributed by atoms with Crippen LogP contribution in [0.4, 0.5) is 11.4 Å². The van der Waals surface area contributed by atoms with E-state index >= 15 is 0 Å². The molecule has 0 unspecified atom stereocenters. The van der Waals surface area contributed by atoms with Gasteiger partial charge in [0.25, 0.3) is 11.8 Å². The molecule has 0 saturated carbocycles. The van der Waals surface area contributed by atoms with Crippen molar-refractivity contribution >= 4 is 52.4 Å². The fourth-order valence-electron chi connectivity index (χ4n) is 2.58. The van der Waals surface area contributed by atoms with Crippen molar-refractivity contribution < 1.29 is 19.1 Å². The van der Waals surface area contributed by atoms with Gasteiger partial charge in [0.15, 0.2) is 0 Å². The van der Waals surface area contributed by atoms with Crippen LogP contribution < -0.4 is 10.2 Å². The van der Waals surface area contributed by atoms with Crippen LogP contribution in [0.1, 0.15) is 23.7 Å². The minimum absolute atomic E-state index is 0.0413. The molecule has 1 heterocycles. The van der Waals surface area contributed by atoms with E-state index in [2.05, 4.69) is 5.32 Å². The largest absolute Gasteiger partial charge is 0.462 e. The molecule has 1 N–H and O–H groups in total. The molecule has 0 fully saturated rings. The van der Waals surface area contributed by atoms with E-state index in [1.54, 1.807) is 24.3 Å². The van der Waals surface area contributed by atoms with Gasteiger partial charge in [-0.1, -0.05) is 36.2 Å². The third-order valence-electron chi connectivity index (χ3n) is 3.92. The molecule has 0 atom stereocenters. The highest BCUT2D eigenvalue weighted by atomic mass is 35.5. The third-order valence-corrected chi connectivity index (χ3v) is 4.51. The van der Waals surface area contributed by atoms with E-state index in [-0.39, 0.29) is 10.7 Å². The quantitative estimate of drug-likeness (QED) is 0.557. The number of nitrogens with zero attached hydrogens (tertiary/aromatic N) is 1. The van der Waals surface area contributed by atoms with Gasteiger partial charge < -0.3 is 10.1 Å². The number of carbonyl (C=O) groups excluding carboxylic acids is 3. The van der Waals surface area contributed by atoms with Crippen LogP contribution in [0.15, 0.2) is 59.3 Å². The maximum absolute atomic E-state index is 12.8. The standard InChI is InChI=1S/C20H16Cl2N2O4/c1-2-10-28-20(27)12-6-8-15(9-7-12)24-18(25)16(22)17(19(24)26)23-14-5-3-4-13(21)11-14/h3-9,11,23H,2,10H2,1H3. The number of esters is 1. The van der Waals surface area contributed by atoms with Gasteiger partial charge in [-0.25, -0.2) is 9.69 Å². The van der Waals surface area contributed by atoms with Crippen LogP contribution in [-0.4, -0.2) is 24.4 Å². The molecule has 2 amide bonds. The molecule has 1 aliphatic rings. The fourth-order valence-corrected chi connectivity index (χ4v) is 2.98. The van der Waals surface area contributed by atoms with Gasteiger partial charge in [-0.3, -0.25) is 9.59 Å². The first-order valence-electron chi connectivity index (χ1n) is 8.50. The molecule has 0 aliphatic carbocycles. The van der Waals surface area contributed by atoms with E-state index in [1.807, 2.05) is 6.92 Å². The zero-order chi connectivity index (χ0) is 20.3. The molecule has 0 spiro atoms. The number of anilines is 2. The van der Waals surface area contributed by atoms with Crippen LogP contribution in [0.3, 0.4) is 0 Å². The molecular formula is C20H16Cl2N2O4. The van der Waals surface area contributed by atoms with Crippen LogP contribution in [0, 0.1) is 0 Å². The summed E-state index contributed by atoms with van der Waals surface area (Å²) in [7, 11) is 0. The Balaban J connectivity index is 1.80. The first-order valence-corrected chi connectivity index (χ1v) is 9.26. The zero-order valence-corrected chi connectivity index (χ0v) is 16.4. The summed E-state index contributed by atoms with van der Waals surface area (Å²) in [5, 5.41) is 3.09. The molecule has 28 heavy (non-hydrogen) atoms. The monoisotopic (exact) mass is 418 g/mol. The number of hydrogen-bond donors (Lipinski definition) is 1. The summed E-state index contributed by atoms with van der Waals surface area (Å²) in [5.74, 6) is -1.72. The maximum atomic E-state index is 12.8. The SMILES string of the molecule is CCCOC(=O)c1ccc(N2C(=O)C(Cl)=C(Nc3cccc(Cl)c3)C2=O)cc1. The first-order chi connectivity index (χ1) is 13.4. The second-order valence-corrected chi connectivity index (χ2v) is 6.77. The van der Waals surface area contributed by atoms with Crippen molar-refractivity contribution in [3.05, 3.63) is 69.8 Å². The lowest BCUT2D eigenvalue weighted by Gasteiger charge is -2.15. The number of ether oxygens (including phenoxy) is 1. The average molecular weight is 419 g/mol. The summed E-state index contributed by atoms with van der Waals surface area (Å²) in [6, 6.07) is 12.7. The van der Waals surface area contributed by atoms with Crippen LogP contribution in [0.25, 0.3) is 0 Å². The molecule has 3 rings (SSSR count). The normalized spacial score (nSPS) is 13.9. The molecule has 0 bridgehead atoms. The summed E-state index contributed by atoms with van der Waals surface area (Å²) in [5.41, 5.74) is 1.11. The van der Waals surface area contributed by atoms with Gasteiger partial charge in [-0.05, 0) is 48.9 Å². The van der Waals surface area contributed by atoms with Crippen LogP contribution >= 0.6 is 23.2 Å². The van der Waals surface area contributed by atoms with Crippen molar-refractivity contribution in [2.75, 3.05) is 16.8 Å². The number of benzene rings is 2. The second kappa shape index (κ2) is 8.46. The Morgan fingerprint density at radius 2 is 1.79 bits per heavy atom. The van der Waals surface area contributed by atoms with Crippen molar-refractivity contribution in [2.45, 2.75) is 13.3 Å². The highest BCUT2D eigenvalue weighted by Crippen LogP contribution is 2.30. The van der Waals surface area contributed by atoms with Crippen LogP contribution in [-0.2, 0) is 14.3 Å². The number of rotatable bonds is 6. The minimum atomic E-state index is -0.655. The van der Waals surface area contributed by atoms with Gasteiger partial charge in [-0.2, -0.15) is 0 Å². The lowest BCUT2D eigenvalue weighted by atomic mass is 10.2. The Kier molecular flexibility index (Phi) is 6.02. The summed E-state index contributed by atoms with van der Waals surface area (Å²) >= 11 is 12.0. The molecule has 2 aromatic carbocycles. The Morgan fingerprint density at radius 1 is 1.07 bits per heavy atom. The molecule has 0 radical (unpaired) electrons. The summed E-state index contributed by atoms with van der Waals surface area (Å²) in [6.45, 7) is 2.22. The number of hydrogen-bond acceptors (Lipinski definition) is 5. The van der Waals surface area contributed by atoms with Gasteiger partial charge in [0.1, 0.15) is 10.7 Å². The van der Waals surface area contributed by atoms with Crippen LogP contribution in [0.2, 0.25) is 5.02 Å². The van der Waals surface area contributed by atoms with Gasteiger partial charge in [0.05, 0.1) is 17.9 Å². The fraction of sp³-hybridized carbons (Fsp3) is 0.150. The molecule has 2 aromatic rings. The van der Waals surface area contributed by atoms with Crippen molar-refractivity contribution in [3.63, 3.8) is 0 Å². The van der Waals surface area contributed by atoms with Gasteiger partial charge in [0, 0.05) is 10.7 Å². The van der Waals surface area contributed by atoms with Gasteiger partial charge in [-0.15, -0.1) is 0 Å². The Hall–Kier alpha value is -2.83. The Bertz CT molecular complexity index is 970. The molecule has 6 nitrogen and oxygen atoms in total. The average Bonchev–Trinajstić information content (AvgIpc) is 2.89. The van der Waals surface area contributed by atoms with E-state index in [0.29, 0.717) is 35.0 Å². The third kappa shape index (κ3) is 4.03. The van der Waals surface area contributed by atoms with E-state index in [0.717, 1.165) is 4.90 Å². The number of amides is 2. The van der Waals surface area contributed by atoms with Crippen molar-refractivity contribution in [1.29, 1.82) is 0 Å².